The maximum Gasteiger partial charge on any atom is 0.280 e. The van der Waals surface area contributed by atoms with Crippen molar-refractivity contribution in [3.05, 3.63) is 29.8 Å². The lowest BCUT2D eigenvalue weighted by atomic mass is 10.3. The number of carbonyl (C=O) groups excluding carboxylic acids is 1. The van der Waals surface area contributed by atoms with Crippen molar-refractivity contribution in [2.24, 2.45) is 7.05 Å². The number of alkyl halides is 2. The van der Waals surface area contributed by atoms with Crippen molar-refractivity contribution in [1.29, 1.82) is 0 Å². The Bertz CT molecular complexity index is 1010. The first-order valence-corrected chi connectivity index (χ1v) is 10.8. The van der Waals surface area contributed by atoms with Gasteiger partial charge in [0.05, 0.1) is 11.9 Å². The summed E-state index contributed by atoms with van der Waals surface area (Å²) in [4.78, 5) is 14.2. The van der Waals surface area contributed by atoms with Crippen LogP contribution in [0.4, 0.5) is 8.78 Å². The van der Waals surface area contributed by atoms with Gasteiger partial charge in [0, 0.05) is 45.3 Å². The summed E-state index contributed by atoms with van der Waals surface area (Å²) in [6.07, 6.45) is 1.87. The maximum absolute atomic E-state index is 13.3. The first kappa shape index (κ1) is 20.0. The van der Waals surface area contributed by atoms with Crippen LogP contribution in [0.1, 0.15) is 36.6 Å². The number of hydrogen-bond donors (Lipinski definition) is 0. The summed E-state index contributed by atoms with van der Waals surface area (Å²) < 4.78 is 55.7. The first-order valence-electron chi connectivity index (χ1n) is 9.38. The molecule has 1 amide bonds. The normalized spacial score (nSPS) is 18.6. The highest BCUT2D eigenvalue weighted by atomic mass is 32.2. The van der Waals surface area contributed by atoms with Gasteiger partial charge in [0.2, 0.25) is 15.9 Å². The van der Waals surface area contributed by atoms with Gasteiger partial charge in [-0.15, -0.1) is 0 Å². The van der Waals surface area contributed by atoms with E-state index in [0.29, 0.717) is 5.69 Å². The number of rotatable bonds is 6. The third kappa shape index (κ3) is 4.04. The number of carbonyl (C=O) groups is 1. The van der Waals surface area contributed by atoms with E-state index in [1.54, 1.807) is 7.05 Å². The van der Waals surface area contributed by atoms with E-state index < -0.39 is 16.4 Å². The second-order valence-electron chi connectivity index (χ2n) is 7.36. The van der Waals surface area contributed by atoms with Crippen molar-refractivity contribution in [3.63, 3.8) is 0 Å². The van der Waals surface area contributed by atoms with E-state index >= 15 is 0 Å². The summed E-state index contributed by atoms with van der Waals surface area (Å²) in [5.41, 5.74) is 0.360. The SMILES string of the molecule is Cn1cc(S(=O)(=O)N2CCN(C(=O)Cn3nc(C4CC4)cc3C(F)F)CC2)cn1. The molecule has 3 heterocycles. The number of sulfonamides is 1. The molecule has 12 heteroatoms. The molecule has 2 aromatic heterocycles. The zero-order chi connectivity index (χ0) is 20.8. The van der Waals surface area contributed by atoms with Crippen molar-refractivity contribution in [2.45, 2.75) is 36.6 Å². The van der Waals surface area contributed by atoms with Gasteiger partial charge in [-0.1, -0.05) is 0 Å². The molecule has 158 valence electrons. The second-order valence-corrected chi connectivity index (χ2v) is 9.30. The summed E-state index contributed by atoms with van der Waals surface area (Å²) in [7, 11) is -2.04. The van der Waals surface area contributed by atoms with Gasteiger partial charge in [-0.3, -0.25) is 14.2 Å². The minimum absolute atomic E-state index is 0.102. The van der Waals surface area contributed by atoms with E-state index in [1.165, 1.54) is 32.3 Å². The largest absolute Gasteiger partial charge is 0.338 e. The zero-order valence-electron chi connectivity index (χ0n) is 15.9. The third-order valence-electron chi connectivity index (χ3n) is 5.24. The predicted octanol–water partition coefficient (Wildman–Crippen LogP) is 0.965. The van der Waals surface area contributed by atoms with Crippen LogP contribution in [-0.2, 0) is 28.4 Å². The van der Waals surface area contributed by atoms with Crippen molar-refractivity contribution in [3.8, 4) is 0 Å². The monoisotopic (exact) mass is 428 g/mol. The molecule has 0 aromatic carbocycles. The van der Waals surface area contributed by atoms with Gasteiger partial charge in [0.15, 0.2) is 0 Å². The van der Waals surface area contributed by atoms with E-state index in [9.17, 15) is 22.0 Å². The topological polar surface area (TPSA) is 93.3 Å². The minimum Gasteiger partial charge on any atom is -0.338 e. The summed E-state index contributed by atoms with van der Waals surface area (Å²) in [5.74, 6) is -0.138. The third-order valence-corrected chi connectivity index (χ3v) is 7.10. The van der Waals surface area contributed by atoms with Gasteiger partial charge in [-0.2, -0.15) is 14.5 Å². The summed E-state index contributed by atoms with van der Waals surface area (Å²) in [5, 5.41) is 8.08. The molecule has 29 heavy (non-hydrogen) atoms. The molecular weight excluding hydrogens is 406 g/mol. The number of amides is 1. The molecule has 0 spiro atoms. The van der Waals surface area contributed by atoms with E-state index in [4.69, 9.17) is 0 Å². The van der Waals surface area contributed by atoms with Gasteiger partial charge in [0.25, 0.3) is 6.43 Å². The molecule has 0 N–H and O–H groups in total. The quantitative estimate of drug-likeness (QED) is 0.683. The molecule has 0 unspecified atom stereocenters. The molecule has 1 aliphatic heterocycles. The Morgan fingerprint density at radius 2 is 1.93 bits per heavy atom. The summed E-state index contributed by atoms with van der Waals surface area (Å²) in [6, 6.07) is 1.38. The fourth-order valence-corrected chi connectivity index (χ4v) is 4.83. The van der Waals surface area contributed by atoms with Gasteiger partial charge >= 0.3 is 0 Å². The van der Waals surface area contributed by atoms with Crippen LogP contribution >= 0.6 is 0 Å². The molecule has 9 nitrogen and oxygen atoms in total. The van der Waals surface area contributed by atoms with Gasteiger partial charge < -0.3 is 4.90 Å². The van der Waals surface area contributed by atoms with Crippen molar-refractivity contribution >= 4 is 15.9 Å². The smallest absolute Gasteiger partial charge is 0.280 e. The van der Waals surface area contributed by atoms with E-state index in [-0.39, 0.29) is 55.1 Å². The Kier molecular flexibility index (Phi) is 5.15. The Morgan fingerprint density at radius 1 is 1.24 bits per heavy atom. The predicted molar refractivity (Wildman–Crippen MR) is 97.7 cm³/mol. The van der Waals surface area contributed by atoms with Crippen molar-refractivity contribution in [1.82, 2.24) is 28.8 Å². The highest BCUT2D eigenvalue weighted by Crippen LogP contribution is 2.40. The van der Waals surface area contributed by atoms with Gasteiger partial charge in [-0.25, -0.2) is 17.2 Å². The molecule has 2 aromatic rings. The van der Waals surface area contributed by atoms with E-state index in [1.807, 2.05) is 0 Å². The van der Waals surface area contributed by atoms with Crippen molar-refractivity contribution in [2.75, 3.05) is 26.2 Å². The average Bonchev–Trinajstić information content (AvgIpc) is 3.30. The molecular formula is C17H22F2N6O3S. The molecule has 0 bridgehead atoms. The summed E-state index contributed by atoms with van der Waals surface area (Å²) in [6.45, 7) is 0.383. The number of halogens is 2. The fourth-order valence-electron chi connectivity index (χ4n) is 3.42. The Balaban J connectivity index is 1.39. The van der Waals surface area contributed by atoms with Gasteiger partial charge in [0.1, 0.15) is 17.1 Å². The second kappa shape index (κ2) is 7.48. The molecule has 1 saturated carbocycles. The van der Waals surface area contributed by atoms with E-state index in [0.717, 1.165) is 17.5 Å². The lowest BCUT2D eigenvalue weighted by Gasteiger charge is -2.33. The van der Waals surface area contributed by atoms with Crippen LogP contribution in [0.15, 0.2) is 23.4 Å². The number of hydrogen-bond acceptors (Lipinski definition) is 5. The highest BCUT2D eigenvalue weighted by Gasteiger charge is 2.32. The highest BCUT2D eigenvalue weighted by molar-refractivity contribution is 7.89. The Morgan fingerprint density at radius 3 is 2.48 bits per heavy atom. The molecule has 1 aliphatic carbocycles. The van der Waals surface area contributed by atoms with E-state index in [2.05, 4.69) is 10.2 Å². The number of piperazine rings is 1. The Labute approximate surface area is 166 Å². The molecule has 4 rings (SSSR count). The van der Waals surface area contributed by atoms with Crippen LogP contribution in [0, 0.1) is 0 Å². The molecule has 2 aliphatic rings. The van der Waals surface area contributed by atoms with Crippen LogP contribution in [0.2, 0.25) is 0 Å². The fraction of sp³-hybridized carbons (Fsp3) is 0.588. The van der Waals surface area contributed by atoms with Crippen LogP contribution in [0.5, 0.6) is 0 Å². The zero-order valence-corrected chi connectivity index (χ0v) is 16.7. The molecule has 2 fully saturated rings. The Hall–Kier alpha value is -2.34. The van der Waals surface area contributed by atoms with Crippen LogP contribution in [0.3, 0.4) is 0 Å². The lowest BCUT2D eigenvalue weighted by Crippen LogP contribution is -2.51. The minimum atomic E-state index is -3.67. The standard InChI is InChI=1S/C17H22F2N6O3S/c1-22-10-13(9-20-22)29(27,28)24-6-4-23(5-7-24)16(26)11-25-15(17(18)19)8-14(21-25)12-2-3-12/h8-10,12,17H,2-7,11H2,1H3. The summed E-state index contributed by atoms with van der Waals surface area (Å²) >= 11 is 0. The van der Waals surface area contributed by atoms with Crippen molar-refractivity contribution < 1.29 is 22.0 Å². The molecule has 0 radical (unpaired) electrons. The number of aromatic nitrogens is 4. The first-order chi connectivity index (χ1) is 13.8. The maximum atomic E-state index is 13.3. The molecule has 0 atom stereocenters. The molecule has 1 saturated heterocycles. The van der Waals surface area contributed by atoms with Crippen LogP contribution in [0.25, 0.3) is 0 Å². The van der Waals surface area contributed by atoms with Crippen LogP contribution in [-0.4, -0.2) is 69.3 Å². The van der Waals surface area contributed by atoms with Crippen LogP contribution < -0.4 is 0 Å². The number of nitrogens with zero attached hydrogens (tertiary/aromatic N) is 6. The van der Waals surface area contributed by atoms with Gasteiger partial charge in [-0.05, 0) is 18.9 Å². The average molecular weight is 428 g/mol. The lowest BCUT2D eigenvalue weighted by molar-refractivity contribution is -0.133. The number of aryl methyl sites for hydroxylation is 1.